The van der Waals surface area contributed by atoms with E-state index < -0.39 is 0 Å². The van der Waals surface area contributed by atoms with Crippen molar-refractivity contribution >= 4 is 17.2 Å². The Hall–Kier alpha value is -4.27. The largest absolute Gasteiger partial charge is 0.497 e. The van der Waals surface area contributed by atoms with E-state index in [1.165, 1.54) is 0 Å². The van der Waals surface area contributed by atoms with Crippen LogP contribution in [0.25, 0.3) is 16.9 Å². The average molecular weight is 491 g/mol. The predicted octanol–water partition coefficient (Wildman–Crippen LogP) is 4.62. The number of ether oxygens (including phenoxy) is 4. The molecule has 1 N–H and O–H groups in total. The molecule has 1 amide bonds. The zero-order chi connectivity index (χ0) is 25.8. The van der Waals surface area contributed by atoms with Gasteiger partial charge in [-0.15, -0.1) is 0 Å². The third-order valence-corrected chi connectivity index (χ3v) is 6.05. The number of amides is 1. The topological polar surface area (TPSA) is 96.2 Å². The highest BCUT2D eigenvalue weighted by Crippen LogP contribution is 2.30. The summed E-state index contributed by atoms with van der Waals surface area (Å²) < 4.78 is 23.2. The van der Waals surface area contributed by atoms with E-state index in [4.69, 9.17) is 29.0 Å². The van der Waals surface area contributed by atoms with E-state index in [1.807, 2.05) is 42.6 Å². The number of anilines is 1. The maximum atomic E-state index is 12.7. The van der Waals surface area contributed by atoms with Crippen LogP contribution in [0.15, 0.2) is 42.5 Å². The first kappa shape index (κ1) is 24.8. The third kappa shape index (κ3) is 5.19. The van der Waals surface area contributed by atoms with E-state index in [-0.39, 0.29) is 12.3 Å². The Morgan fingerprint density at radius 1 is 0.833 bits per heavy atom. The molecule has 0 unspecified atom stereocenters. The van der Waals surface area contributed by atoms with Gasteiger partial charge >= 0.3 is 0 Å². The summed E-state index contributed by atoms with van der Waals surface area (Å²) in [6.45, 7) is 3.94. The third-order valence-electron chi connectivity index (χ3n) is 6.05. The summed E-state index contributed by atoms with van der Waals surface area (Å²) in [7, 11) is 6.37. The van der Waals surface area contributed by atoms with Gasteiger partial charge in [-0.25, -0.2) is 9.50 Å². The van der Waals surface area contributed by atoms with Gasteiger partial charge in [0.1, 0.15) is 23.0 Å². The first-order valence-corrected chi connectivity index (χ1v) is 11.5. The number of carbonyl (C=O) groups excluding carboxylic acids is 1. The molecule has 0 bridgehead atoms. The van der Waals surface area contributed by atoms with Gasteiger partial charge in [0.05, 0.1) is 34.1 Å². The number of nitrogens with one attached hydrogen (secondary N) is 1. The summed E-state index contributed by atoms with van der Waals surface area (Å²) in [5, 5.41) is 7.70. The Morgan fingerprint density at radius 3 is 1.94 bits per heavy atom. The Morgan fingerprint density at radius 2 is 1.39 bits per heavy atom. The van der Waals surface area contributed by atoms with Crippen molar-refractivity contribution < 1.29 is 23.7 Å². The number of carbonyl (C=O) groups is 1. The molecule has 36 heavy (non-hydrogen) atoms. The van der Waals surface area contributed by atoms with Crippen molar-refractivity contribution in [2.75, 3.05) is 33.8 Å². The Balaban J connectivity index is 1.56. The normalized spacial score (nSPS) is 10.8. The van der Waals surface area contributed by atoms with Crippen molar-refractivity contribution in [2.24, 2.45) is 0 Å². The average Bonchev–Trinajstić information content (AvgIpc) is 3.32. The number of aromatic nitrogens is 3. The van der Waals surface area contributed by atoms with Crippen LogP contribution in [0.5, 0.6) is 23.0 Å². The predicted molar refractivity (Wildman–Crippen MR) is 137 cm³/mol. The van der Waals surface area contributed by atoms with Crippen molar-refractivity contribution in [3.8, 4) is 34.3 Å². The second-order valence-corrected chi connectivity index (χ2v) is 8.31. The lowest BCUT2D eigenvalue weighted by atomic mass is 10.1. The maximum Gasteiger partial charge on any atom is 0.224 e. The van der Waals surface area contributed by atoms with Crippen molar-refractivity contribution in [1.82, 2.24) is 14.6 Å². The van der Waals surface area contributed by atoms with Crippen LogP contribution in [0.4, 0.5) is 5.69 Å². The van der Waals surface area contributed by atoms with E-state index in [1.54, 1.807) is 46.6 Å². The Bertz CT molecular complexity index is 1370. The first-order valence-electron chi connectivity index (χ1n) is 11.5. The molecule has 0 saturated carbocycles. The van der Waals surface area contributed by atoms with E-state index in [9.17, 15) is 4.79 Å². The highest BCUT2D eigenvalue weighted by molar-refractivity contribution is 5.91. The second-order valence-electron chi connectivity index (χ2n) is 8.31. The number of benzene rings is 2. The number of hydrogen-bond donors (Lipinski definition) is 1. The lowest BCUT2D eigenvalue weighted by Crippen LogP contribution is -2.14. The van der Waals surface area contributed by atoms with Crippen LogP contribution < -0.4 is 24.3 Å². The summed E-state index contributed by atoms with van der Waals surface area (Å²) in [6, 6.07) is 12.8. The zero-order valence-corrected chi connectivity index (χ0v) is 21.3. The molecule has 4 aromatic rings. The van der Waals surface area contributed by atoms with E-state index in [0.29, 0.717) is 35.1 Å². The fourth-order valence-corrected chi connectivity index (χ4v) is 4.13. The van der Waals surface area contributed by atoms with Crippen LogP contribution in [0, 0.1) is 13.8 Å². The van der Waals surface area contributed by atoms with Gasteiger partial charge in [0.25, 0.3) is 0 Å². The molecule has 0 aliphatic rings. The van der Waals surface area contributed by atoms with Crippen molar-refractivity contribution in [1.29, 1.82) is 0 Å². The zero-order valence-electron chi connectivity index (χ0n) is 21.3. The quantitative estimate of drug-likeness (QED) is 0.366. The number of methoxy groups -OCH3 is 4. The highest BCUT2D eigenvalue weighted by atomic mass is 16.5. The van der Waals surface area contributed by atoms with Crippen molar-refractivity contribution in [2.45, 2.75) is 26.7 Å². The smallest absolute Gasteiger partial charge is 0.224 e. The standard InChI is InChI=1S/C27H30N4O5/c1-16-24(7-8-27(32)29-19-11-22(35-5)14-23(12-19)36-6)17(2)31-26(28-16)15-25(30-31)18-9-20(33-3)13-21(10-18)34-4/h9-15H,7-8H2,1-6H3,(H,29,32). The molecule has 0 saturated heterocycles. The molecule has 4 rings (SSSR count). The van der Waals surface area contributed by atoms with Crippen LogP contribution in [0.1, 0.15) is 23.4 Å². The summed E-state index contributed by atoms with van der Waals surface area (Å²) in [4.78, 5) is 17.5. The molecule has 0 atom stereocenters. The molecule has 9 nitrogen and oxygen atoms in total. The molecular formula is C27H30N4O5. The van der Waals surface area contributed by atoms with E-state index in [0.717, 1.165) is 33.9 Å². The lowest BCUT2D eigenvalue weighted by molar-refractivity contribution is -0.116. The molecule has 0 aliphatic heterocycles. The minimum absolute atomic E-state index is 0.117. The fraction of sp³-hybridized carbons (Fsp3) is 0.296. The summed E-state index contributed by atoms with van der Waals surface area (Å²) in [5.74, 6) is 2.46. The van der Waals surface area contributed by atoms with Crippen molar-refractivity contribution in [3.63, 3.8) is 0 Å². The fourth-order valence-electron chi connectivity index (χ4n) is 4.13. The molecule has 9 heteroatoms. The monoisotopic (exact) mass is 490 g/mol. The van der Waals surface area contributed by atoms with Crippen LogP contribution in [0.2, 0.25) is 0 Å². The van der Waals surface area contributed by atoms with Gasteiger partial charge in [-0.1, -0.05) is 0 Å². The first-order chi connectivity index (χ1) is 17.3. The maximum absolute atomic E-state index is 12.7. The van der Waals surface area contributed by atoms with Crippen LogP contribution in [0.3, 0.4) is 0 Å². The number of nitrogens with zero attached hydrogens (tertiary/aromatic N) is 3. The number of fused-ring (bicyclic) bond motifs is 1. The van der Waals surface area contributed by atoms with E-state index >= 15 is 0 Å². The molecule has 2 aromatic heterocycles. The lowest BCUT2D eigenvalue weighted by Gasteiger charge is -2.12. The summed E-state index contributed by atoms with van der Waals surface area (Å²) in [6.07, 6.45) is 0.811. The Labute approximate surface area is 210 Å². The SMILES string of the molecule is COc1cc(NC(=O)CCc2c(C)nc3cc(-c4cc(OC)cc(OC)c4)nn3c2C)cc(OC)c1. The van der Waals surface area contributed by atoms with Gasteiger partial charge in [-0.3, -0.25) is 4.79 Å². The second kappa shape index (κ2) is 10.6. The van der Waals surface area contributed by atoms with E-state index in [2.05, 4.69) is 5.32 Å². The van der Waals surface area contributed by atoms with Crippen molar-refractivity contribution in [3.05, 3.63) is 59.4 Å². The van der Waals surface area contributed by atoms with Gasteiger partial charge in [0.15, 0.2) is 5.65 Å². The van der Waals surface area contributed by atoms with Crippen LogP contribution >= 0.6 is 0 Å². The van der Waals surface area contributed by atoms with Crippen LogP contribution in [-0.4, -0.2) is 48.9 Å². The summed E-state index contributed by atoms with van der Waals surface area (Å²) in [5.41, 5.74) is 5.76. The van der Waals surface area contributed by atoms with Gasteiger partial charge in [0.2, 0.25) is 5.91 Å². The molecule has 0 fully saturated rings. The molecule has 2 aromatic carbocycles. The molecule has 0 spiro atoms. The van der Waals surface area contributed by atoms with Gasteiger partial charge in [0, 0.05) is 59.4 Å². The molecule has 188 valence electrons. The number of aryl methyl sites for hydroxylation is 2. The Kier molecular flexibility index (Phi) is 7.28. The number of rotatable bonds is 9. The molecule has 0 radical (unpaired) electrons. The molecule has 2 heterocycles. The minimum atomic E-state index is -0.117. The minimum Gasteiger partial charge on any atom is -0.497 e. The molecule has 0 aliphatic carbocycles. The van der Waals surface area contributed by atoms with Gasteiger partial charge in [-0.2, -0.15) is 5.10 Å². The molecular weight excluding hydrogens is 460 g/mol. The van der Waals surface area contributed by atoms with Crippen LogP contribution in [-0.2, 0) is 11.2 Å². The summed E-state index contributed by atoms with van der Waals surface area (Å²) >= 11 is 0. The highest BCUT2D eigenvalue weighted by Gasteiger charge is 2.16. The van der Waals surface area contributed by atoms with Gasteiger partial charge < -0.3 is 24.3 Å². The van der Waals surface area contributed by atoms with Gasteiger partial charge in [-0.05, 0) is 38.0 Å². The number of hydrogen-bond acceptors (Lipinski definition) is 7.